The summed E-state index contributed by atoms with van der Waals surface area (Å²) < 4.78 is 2.73. The van der Waals surface area contributed by atoms with Crippen LogP contribution < -0.4 is 0 Å². The van der Waals surface area contributed by atoms with E-state index in [1.165, 1.54) is 0 Å². The van der Waals surface area contributed by atoms with Crippen LogP contribution in [0.1, 0.15) is 0 Å². The highest BCUT2D eigenvalue weighted by atomic mass is 35.5. The molecule has 0 spiro atoms. The molecule has 0 aromatic heterocycles. The molecular weight excluding hydrogens is 218 g/mol. The summed E-state index contributed by atoms with van der Waals surface area (Å²) in [6.07, 6.45) is 0. The van der Waals surface area contributed by atoms with Crippen molar-refractivity contribution in [3.63, 3.8) is 0 Å². The predicted octanol–water partition coefficient (Wildman–Crippen LogP) is 2.77. The molecule has 0 saturated carbocycles. The average Bonchev–Trinajstić information content (AvgIpc) is 1.77. The summed E-state index contributed by atoms with van der Waals surface area (Å²) in [5, 5.41) is 0. The van der Waals surface area contributed by atoms with Crippen molar-refractivity contribution < 1.29 is 0 Å². The van der Waals surface area contributed by atoms with Gasteiger partial charge in [0.2, 0.25) is 0 Å². The number of halogens is 1. The molecule has 5 heteroatoms. The summed E-state index contributed by atoms with van der Waals surface area (Å²) in [5.41, 5.74) is 0.800. The quantitative estimate of drug-likeness (QED) is 0.537. The summed E-state index contributed by atoms with van der Waals surface area (Å²) >= 11 is 5.82. The van der Waals surface area contributed by atoms with Crippen molar-refractivity contribution in [2.75, 3.05) is 5.50 Å². The van der Waals surface area contributed by atoms with Gasteiger partial charge in [0.05, 0.1) is 0 Å². The third kappa shape index (κ3) is 4.23. The molecule has 0 amide bonds. The minimum absolute atomic E-state index is 0.800. The van der Waals surface area contributed by atoms with Gasteiger partial charge in [-0.2, -0.15) is 0 Å². The van der Waals surface area contributed by atoms with Gasteiger partial charge in [-0.1, -0.05) is 39.3 Å². The fourth-order valence-electron chi connectivity index (χ4n) is 1.54. The first kappa shape index (κ1) is 12.9. The number of nitrogens with zero attached hydrogens (tertiary/aromatic N) is 1. The fourth-order valence-corrected chi connectivity index (χ4v) is 14.9. The van der Waals surface area contributed by atoms with E-state index in [4.69, 9.17) is 11.6 Å². The van der Waals surface area contributed by atoms with E-state index in [9.17, 15) is 0 Å². The minimum Gasteiger partial charge on any atom is -0.370 e. The molecule has 0 rings (SSSR count). The van der Waals surface area contributed by atoms with E-state index in [2.05, 4.69) is 43.2 Å². The molecule has 0 aromatic rings. The van der Waals surface area contributed by atoms with Gasteiger partial charge in [-0.25, -0.2) is 0 Å². The van der Waals surface area contributed by atoms with E-state index in [1.54, 1.807) is 0 Å². The highest BCUT2D eigenvalue weighted by molar-refractivity contribution is 6.96. The Kier molecular flexibility index (Phi) is 4.74. The van der Waals surface area contributed by atoms with Gasteiger partial charge < -0.3 is 3.90 Å². The number of hydrogen-bond donors (Lipinski definition) is 0. The van der Waals surface area contributed by atoms with Crippen molar-refractivity contribution in [2.24, 2.45) is 0 Å². The van der Waals surface area contributed by atoms with Crippen LogP contribution in [0.25, 0.3) is 0 Å². The first-order valence-corrected chi connectivity index (χ1v) is 12.9. The predicted molar refractivity (Wildman–Crippen MR) is 65.0 cm³/mol. The Bertz CT molecular complexity index is 125. The Balaban J connectivity index is 4.45. The third-order valence-electron chi connectivity index (χ3n) is 1.56. The molecule has 0 atom stereocenters. The molecule has 0 N–H and O–H groups in total. The van der Waals surface area contributed by atoms with E-state index >= 15 is 0 Å². The lowest BCUT2D eigenvalue weighted by Crippen LogP contribution is -2.61. The summed E-state index contributed by atoms with van der Waals surface area (Å²) in [4.78, 5) is 0. The highest BCUT2D eigenvalue weighted by Crippen LogP contribution is 2.17. The maximum atomic E-state index is 5.82. The summed E-state index contributed by atoms with van der Waals surface area (Å²) in [6, 6.07) is 0. The molecule has 0 fully saturated rings. The normalized spacial score (nSPS) is 14.0. The van der Waals surface area contributed by atoms with Crippen LogP contribution in [0, 0.1) is 0 Å². The van der Waals surface area contributed by atoms with Gasteiger partial charge in [0.25, 0.3) is 0 Å². The smallest absolute Gasteiger partial charge is 0.143 e. The molecule has 0 saturated heterocycles. The minimum atomic E-state index is -1.12. The molecular formula is C7H20ClNSi3. The topological polar surface area (TPSA) is 3.24 Å². The molecule has 12 heavy (non-hydrogen) atoms. The lowest BCUT2D eigenvalue weighted by Gasteiger charge is -2.43. The second-order valence-electron chi connectivity index (χ2n) is 4.97. The third-order valence-corrected chi connectivity index (χ3v) is 14.0. The molecule has 0 unspecified atom stereocenters. The van der Waals surface area contributed by atoms with E-state index in [-0.39, 0.29) is 0 Å². The Morgan fingerprint density at radius 1 is 1.00 bits per heavy atom. The summed E-state index contributed by atoms with van der Waals surface area (Å²) in [5.74, 6) is 0. The number of rotatable bonds is 4. The van der Waals surface area contributed by atoms with E-state index < -0.39 is 16.5 Å². The molecule has 0 aromatic carbocycles. The van der Waals surface area contributed by atoms with E-state index in [1.807, 2.05) is 0 Å². The Morgan fingerprint density at radius 3 is 1.42 bits per heavy atom. The van der Waals surface area contributed by atoms with Gasteiger partial charge in [0.1, 0.15) is 26.2 Å². The summed E-state index contributed by atoms with van der Waals surface area (Å²) in [7, 11) is -1.41. The van der Waals surface area contributed by atoms with Crippen LogP contribution in [0.15, 0.2) is 0 Å². The molecule has 0 aliphatic heterocycles. The van der Waals surface area contributed by atoms with Crippen LogP contribution in [0.2, 0.25) is 39.3 Å². The van der Waals surface area contributed by atoms with E-state index in [0.29, 0.717) is 0 Å². The largest absolute Gasteiger partial charge is 0.370 e. The zero-order chi connectivity index (χ0) is 9.99. The van der Waals surface area contributed by atoms with Gasteiger partial charge >= 0.3 is 0 Å². The number of alkyl halides is 1. The zero-order valence-corrected chi connectivity index (χ0v) is 12.8. The van der Waals surface area contributed by atoms with Gasteiger partial charge in [-0.15, -0.1) is 11.6 Å². The zero-order valence-electron chi connectivity index (χ0n) is 9.03. The van der Waals surface area contributed by atoms with Crippen molar-refractivity contribution in [2.45, 2.75) is 39.3 Å². The van der Waals surface area contributed by atoms with Crippen molar-refractivity contribution in [1.82, 2.24) is 3.90 Å². The second kappa shape index (κ2) is 4.41. The van der Waals surface area contributed by atoms with Crippen molar-refractivity contribution >= 4 is 37.8 Å². The average molecular weight is 238 g/mol. The van der Waals surface area contributed by atoms with Crippen molar-refractivity contribution in [3.05, 3.63) is 0 Å². The first-order chi connectivity index (χ1) is 5.19. The van der Waals surface area contributed by atoms with Gasteiger partial charge in [0.15, 0.2) is 0 Å². The standard InChI is InChI=1S/C7H20ClNSi3/c1-11(2,3)9(10-7-8)12(4,5)6/h7H2,1-6H3. The van der Waals surface area contributed by atoms with Crippen LogP contribution in [0.3, 0.4) is 0 Å². The first-order valence-electron chi connectivity index (χ1n) is 4.29. The summed E-state index contributed by atoms with van der Waals surface area (Å²) in [6.45, 7) is 14.4. The number of hydrogen-bond acceptors (Lipinski definition) is 1. The Hall–Kier alpha value is 0.901. The molecule has 2 radical (unpaired) electrons. The highest BCUT2D eigenvalue weighted by Gasteiger charge is 2.33. The maximum absolute atomic E-state index is 5.82. The monoisotopic (exact) mass is 237 g/mol. The van der Waals surface area contributed by atoms with E-state index in [0.717, 1.165) is 15.2 Å². The van der Waals surface area contributed by atoms with Gasteiger partial charge in [-0.05, 0) is 0 Å². The van der Waals surface area contributed by atoms with Crippen molar-refractivity contribution in [3.8, 4) is 0 Å². The van der Waals surface area contributed by atoms with Crippen LogP contribution in [0.5, 0.6) is 0 Å². The molecule has 1 nitrogen and oxygen atoms in total. The maximum Gasteiger partial charge on any atom is 0.143 e. The lowest BCUT2D eigenvalue weighted by molar-refractivity contribution is 0.953. The van der Waals surface area contributed by atoms with Crippen LogP contribution in [-0.2, 0) is 0 Å². The van der Waals surface area contributed by atoms with Crippen LogP contribution in [-0.4, -0.2) is 35.6 Å². The van der Waals surface area contributed by atoms with Gasteiger partial charge in [-0.3, -0.25) is 0 Å². The molecule has 0 aliphatic rings. The second-order valence-corrected chi connectivity index (χ2v) is 17.7. The van der Waals surface area contributed by atoms with Crippen molar-refractivity contribution in [1.29, 1.82) is 0 Å². The SMILES string of the molecule is C[Si](C)(C)N([Si]CCl)[Si](C)(C)C. The van der Waals surface area contributed by atoms with Crippen LogP contribution >= 0.6 is 11.6 Å². The Labute approximate surface area is 86.6 Å². The van der Waals surface area contributed by atoms with Crippen LogP contribution in [0.4, 0.5) is 0 Å². The molecule has 0 heterocycles. The lowest BCUT2D eigenvalue weighted by atomic mass is 11.8. The molecule has 0 bridgehead atoms. The fraction of sp³-hybridized carbons (Fsp3) is 1.00. The molecule has 0 aliphatic carbocycles. The van der Waals surface area contributed by atoms with Gasteiger partial charge in [0, 0.05) is 5.50 Å². The Morgan fingerprint density at radius 2 is 1.33 bits per heavy atom. The molecule has 72 valence electrons.